The molecular weight excluding hydrogens is 264 g/mol. The van der Waals surface area contributed by atoms with Crippen molar-refractivity contribution in [1.29, 1.82) is 0 Å². The van der Waals surface area contributed by atoms with Crippen LogP contribution in [0.15, 0.2) is 16.4 Å². The molecule has 0 radical (unpaired) electrons. The van der Waals surface area contributed by atoms with Gasteiger partial charge in [-0.25, -0.2) is 9.97 Å². The van der Waals surface area contributed by atoms with Crippen LogP contribution in [0.2, 0.25) is 0 Å². The standard InChI is InChI=1S/C11H14N6OS/c1-4-18-9-15-8(12)16-11(17-9)19-10-13-6(2)5-7(3)14-10/h5H,4H2,1-3H3,(H2,12,15,16,17). The van der Waals surface area contributed by atoms with Crippen molar-refractivity contribution in [3.05, 3.63) is 17.5 Å². The number of aryl methyl sites for hydroxylation is 2. The van der Waals surface area contributed by atoms with E-state index in [9.17, 15) is 0 Å². The van der Waals surface area contributed by atoms with Crippen molar-refractivity contribution < 1.29 is 4.74 Å². The van der Waals surface area contributed by atoms with Gasteiger partial charge in [0.1, 0.15) is 0 Å². The maximum Gasteiger partial charge on any atom is 0.322 e. The lowest BCUT2D eigenvalue weighted by Gasteiger charge is -2.04. The van der Waals surface area contributed by atoms with Crippen molar-refractivity contribution in [3.63, 3.8) is 0 Å². The Hall–Kier alpha value is -1.96. The Morgan fingerprint density at radius 3 is 2.32 bits per heavy atom. The largest absolute Gasteiger partial charge is 0.464 e. The van der Waals surface area contributed by atoms with Gasteiger partial charge in [0.05, 0.1) is 6.61 Å². The summed E-state index contributed by atoms with van der Waals surface area (Å²) in [4.78, 5) is 20.7. The third kappa shape index (κ3) is 3.75. The summed E-state index contributed by atoms with van der Waals surface area (Å²) in [6, 6.07) is 2.11. The summed E-state index contributed by atoms with van der Waals surface area (Å²) >= 11 is 1.23. The first-order valence-corrected chi connectivity index (χ1v) is 6.53. The van der Waals surface area contributed by atoms with Crippen molar-refractivity contribution >= 4 is 17.7 Å². The lowest BCUT2D eigenvalue weighted by molar-refractivity contribution is 0.308. The third-order valence-corrected chi connectivity index (χ3v) is 2.76. The molecule has 2 aromatic rings. The second kappa shape index (κ2) is 5.79. The van der Waals surface area contributed by atoms with E-state index in [2.05, 4.69) is 24.9 Å². The fraction of sp³-hybridized carbons (Fsp3) is 0.364. The Morgan fingerprint density at radius 1 is 1.05 bits per heavy atom. The fourth-order valence-electron chi connectivity index (χ4n) is 1.41. The normalized spacial score (nSPS) is 10.5. The molecule has 19 heavy (non-hydrogen) atoms. The summed E-state index contributed by atoms with van der Waals surface area (Å²) < 4.78 is 5.22. The Balaban J connectivity index is 2.27. The van der Waals surface area contributed by atoms with Crippen LogP contribution in [0, 0.1) is 13.8 Å². The number of hydrogen-bond donors (Lipinski definition) is 1. The molecule has 8 heteroatoms. The molecule has 0 spiro atoms. The van der Waals surface area contributed by atoms with Crippen LogP contribution < -0.4 is 10.5 Å². The van der Waals surface area contributed by atoms with Gasteiger partial charge >= 0.3 is 6.01 Å². The minimum Gasteiger partial charge on any atom is -0.464 e. The lowest BCUT2D eigenvalue weighted by atomic mass is 10.4. The van der Waals surface area contributed by atoms with Crippen LogP contribution in [0.1, 0.15) is 18.3 Å². The van der Waals surface area contributed by atoms with E-state index in [-0.39, 0.29) is 12.0 Å². The van der Waals surface area contributed by atoms with Gasteiger partial charge in [-0.05, 0) is 38.6 Å². The van der Waals surface area contributed by atoms with E-state index in [1.807, 2.05) is 26.8 Å². The number of rotatable bonds is 4. The average molecular weight is 278 g/mol. The van der Waals surface area contributed by atoms with Gasteiger partial charge in [-0.15, -0.1) is 0 Å². The highest BCUT2D eigenvalue weighted by Crippen LogP contribution is 2.23. The van der Waals surface area contributed by atoms with Crippen molar-refractivity contribution in [2.45, 2.75) is 31.1 Å². The zero-order valence-corrected chi connectivity index (χ0v) is 11.7. The molecular formula is C11H14N6OS. The number of nitrogens with two attached hydrogens (primary N) is 1. The maximum absolute atomic E-state index is 5.61. The molecule has 0 amide bonds. The fourth-order valence-corrected chi connectivity index (χ4v) is 2.22. The second-order valence-corrected chi connectivity index (χ2v) is 4.66. The third-order valence-electron chi connectivity index (χ3n) is 2.03. The summed E-state index contributed by atoms with van der Waals surface area (Å²) in [7, 11) is 0. The van der Waals surface area contributed by atoms with E-state index in [4.69, 9.17) is 10.5 Å². The molecule has 2 aromatic heterocycles. The smallest absolute Gasteiger partial charge is 0.322 e. The van der Waals surface area contributed by atoms with E-state index in [1.54, 1.807) is 0 Å². The molecule has 2 N–H and O–H groups in total. The topological polar surface area (TPSA) is 99.7 Å². The molecule has 2 heterocycles. The number of hydrogen-bond acceptors (Lipinski definition) is 8. The highest BCUT2D eigenvalue weighted by Gasteiger charge is 2.09. The molecule has 0 aliphatic heterocycles. The van der Waals surface area contributed by atoms with E-state index in [1.165, 1.54) is 11.8 Å². The lowest BCUT2D eigenvalue weighted by Crippen LogP contribution is -2.04. The SMILES string of the molecule is CCOc1nc(N)nc(Sc2nc(C)cc(C)n2)n1. The molecule has 0 saturated carbocycles. The molecule has 0 saturated heterocycles. The van der Waals surface area contributed by atoms with E-state index in [0.29, 0.717) is 16.9 Å². The maximum atomic E-state index is 5.61. The second-order valence-electron chi connectivity index (χ2n) is 3.73. The first-order chi connectivity index (χ1) is 9.06. The highest BCUT2D eigenvalue weighted by atomic mass is 32.2. The highest BCUT2D eigenvalue weighted by molar-refractivity contribution is 7.99. The molecule has 2 rings (SSSR count). The van der Waals surface area contributed by atoms with E-state index >= 15 is 0 Å². The summed E-state index contributed by atoms with van der Waals surface area (Å²) in [5.41, 5.74) is 7.39. The minimum absolute atomic E-state index is 0.116. The predicted molar refractivity (Wildman–Crippen MR) is 71.0 cm³/mol. The molecule has 0 atom stereocenters. The number of anilines is 1. The van der Waals surface area contributed by atoms with Crippen molar-refractivity contribution in [2.75, 3.05) is 12.3 Å². The van der Waals surface area contributed by atoms with Crippen molar-refractivity contribution in [2.24, 2.45) is 0 Å². The van der Waals surface area contributed by atoms with E-state index < -0.39 is 0 Å². The number of nitrogen functional groups attached to an aromatic ring is 1. The molecule has 7 nitrogen and oxygen atoms in total. The molecule has 0 aliphatic carbocycles. The quantitative estimate of drug-likeness (QED) is 0.838. The minimum atomic E-state index is 0.116. The van der Waals surface area contributed by atoms with Crippen molar-refractivity contribution in [1.82, 2.24) is 24.9 Å². The van der Waals surface area contributed by atoms with Crippen LogP contribution in [0.5, 0.6) is 6.01 Å². The number of nitrogens with zero attached hydrogens (tertiary/aromatic N) is 5. The van der Waals surface area contributed by atoms with Crippen molar-refractivity contribution in [3.8, 4) is 6.01 Å². The van der Waals surface area contributed by atoms with Gasteiger partial charge < -0.3 is 10.5 Å². The van der Waals surface area contributed by atoms with Gasteiger partial charge in [-0.2, -0.15) is 15.0 Å². The van der Waals surface area contributed by atoms with Crippen LogP contribution >= 0.6 is 11.8 Å². The van der Waals surface area contributed by atoms with Crippen LogP contribution in [-0.2, 0) is 0 Å². The Labute approximate surface area is 115 Å². The van der Waals surface area contributed by atoms with Gasteiger partial charge in [-0.3, -0.25) is 0 Å². The van der Waals surface area contributed by atoms with Gasteiger partial charge in [0.2, 0.25) is 11.1 Å². The van der Waals surface area contributed by atoms with Crippen LogP contribution in [-0.4, -0.2) is 31.5 Å². The first-order valence-electron chi connectivity index (χ1n) is 5.71. The Bertz CT molecular complexity index is 571. The molecule has 100 valence electrons. The molecule has 0 fully saturated rings. The van der Waals surface area contributed by atoms with Gasteiger partial charge in [0.15, 0.2) is 5.16 Å². The summed E-state index contributed by atoms with van der Waals surface area (Å²) in [6.07, 6.45) is 0. The van der Waals surface area contributed by atoms with Gasteiger partial charge in [0.25, 0.3) is 0 Å². The average Bonchev–Trinajstić information content (AvgIpc) is 2.26. The van der Waals surface area contributed by atoms with Gasteiger partial charge in [0, 0.05) is 11.4 Å². The summed E-state index contributed by atoms with van der Waals surface area (Å²) in [6.45, 7) is 6.13. The molecule has 0 unspecified atom stereocenters. The van der Waals surface area contributed by atoms with Crippen LogP contribution in [0.4, 0.5) is 5.95 Å². The zero-order valence-electron chi connectivity index (χ0n) is 10.9. The Kier molecular flexibility index (Phi) is 4.10. The molecule has 0 aromatic carbocycles. The van der Waals surface area contributed by atoms with Crippen LogP contribution in [0.25, 0.3) is 0 Å². The predicted octanol–water partition coefficient (Wildman–Crippen LogP) is 1.41. The summed E-state index contributed by atoms with van der Waals surface area (Å²) in [5.74, 6) is 0.116. The summed E-state index contributed by atoms with van der Waals surface area (Å²) in [5, 5.41) is 0.992. The van der Waals surface area contributed by atoms with Crippen LogP contribution in [0.3, 0.4) is 0 Å². The Morgan fingerprint density at radius 2 is 1.68 bits per heavy atom. The molecule has 0 bridgehead atoms. The van der Waals surface area contributed by atoms with Gasteiger partial charge in [-0.1, -0.05) is 0 Å². The van der Waals surface area contributed by atoms with E-state index in [0.717, 1.165) is 11.4 Å². The first kappa shape index (κ1) is 13.5. The number of ether oxygens (including phenoxy) is 1. The monoisotopic (exact) mass is 278 g/mol. The zero-order chi connectivity index (χ0) is 13.8. The number of aromatic nitrogens is 5. The molecule has 0 aliphatic rings.